The van der Waals surface area contributed by atoms with Crippen LogP contribution in [0.25, 0.3) is 44.3 Å². The van der Waals surface area contributed by atoms with Crippen LogP contribution in [0.15, 0.2) is 71.3 Å². The topological polar surface area (TPSA) is 17.0 Å². The number of aryl methyl sites for hydroxylation is 2. The zero-order chi connectivity index (χ0) is 31.5. The van der Waals surface area contributed by atoms with Crippen LogP contribution < -0.4 is 4.57 Å². The van der Waals surface area contributed by atoms with Gasteiger partial charge in [-0.1, -0.05) is 63.9 Å². The van der Waals surface area contributed by atoms with Crippen LogP contribution >= 0.6 is 0 Å². The van der Waals surface area contributed by atoms with Gasteiger partial charge >= 0.3 is 0 Å². The molecule has 0 saturated carbocycles. The van der Waals surface area contributed by atoms with Crippen LogP contribution in [0.5, 0.6) is 0 Å². The summed E-state index contributed by atoms with van der Waals surface area (Å²) in [5.74, 6) is -2.85. The molecule has 0 aliphatic heterocycles. The Bertz CT molecular complexity index is 1930. The Labute approximate surface area is 209 Å². The Morgan fingerprint density at radius 3 is 2.64 bits per heavy atom. The molecule has 0 N–H and O–H groups in total. The molecule has 1 aliphatic rings. The largest absolute Gasteiger partial charge is 0.455 e. The third-order valence-corrected chi connectivity index (χ3v) is 6.98. The summed E-state index contributed by atoms with van der Waals surface area (Å²) in [4.78, 5) is 0. The van der Waals surface area contributed by atoms with Gasteiger partial charge in [0, 0.05) is 42.0 Å². The van der Waals surface area contributed by atoms with Crippen molar-refractivity contribution in [1.29, 1.82) is 0 Å². The number of rotatable bonds is 2. The van der Waals surface area contributed by atoms with Gasteiger partial charge < -0.3 is 4.42 Å². The van der Waals surface area contributed by atoms with Crippen LogP contribution in [-0.2, 0) is 12.5 Å². The fraction of sp³-hybridized carbons (Fsp3) is 0.258. The summed E-state index contributed by atoms with van der Waals surface area (Å²) in [6, 6.07) is 17.9. The monoisotopic (exact) mass is 442 g/mol. The van der Waals surface area contributed by atoms with Crippen molar-refractivity contribution in [2.24, 2.45) is 7.05 Å². The van der Waals surface area contributed by atoms with E-state index < -0.39 is 31.9 Å². The van der Waals surface area contributed by atoms with Gasteiger partial charge in [-0.25, -0.2) is 4.57 Å². The second-order valence-corrected chi connectivity index (χ2v) is 9.09. The fourth-order valence-electron chi connectivity index (χ4n) is 5.21. The highest BCUT2D eigenvalue weighted by atomic mass is 16.3. The second-order valence-electron chi connectivity index (χ2n) is 9.09. The van der Waals surface area contributed by atoms with Gasteiger partial charge in [0.15, 0.2) is 6.20 Å². The molecule has 0 fully saturated rings. The predicted molar refractivity (Wildman–Crippen MR) is 137 cm³/mol. The molecule has 0 amide bonds. The summed E-state index contributed by atoms with van der Waals surface area (Å²) >= 11 is 0. The van der Waals surface area contributed by atoms with Crippen LogP contribution in [0.2, 0.25) is 0 Å². The lowest BCUT2D eigenvalue weighted by Crippen LogP contribution is -2.31. The van der Waals surface area contributed by atoms with E-state index in [1.807, 2.05) is 55.5 Å². The second kappa shape index (κ2) is 6.81. The van der Waals surface area contributed by atoms with Crippen LogP contribution in [-0.4, -0.2) is 0 Å². The van der Waals surface area contributed by atoms with E-state index in [-0.39, 0.29) is 5.56 Å². The third-order valence-electron chi connectivity index (χ3n) is 6.98. The molecule has 1 aliphatic carbocycles. The number of benzene rings is 3. The third kappa shape index (κ3) is 2.76. The van der Waals surface area contributed by atoms with E-state index in [1.165, 1.54) is 12.1 Å². The number of aromatic nitrogens is 1. The van der Waals surface area contributed by atoms with E-state index in [2.05, 4.69) is 0 Å². The minimum absolute atomic E-state index is 0.155. The molecule has 0 radical (unpaired) electrons. The van der Waals surface area contributed by atoms with Crippen molar-refractivity contribution in [3.63, 3.8) is 0 Å². The molecular weight excluding hydrogens is 402 g/mol. The first kappa shape index (κ1) is 12.2. The molecule has 2 aromatic heterocycles. The van der Waals surface area contributed by atoms with Crippen molar-refractivity contribution in [3.8, 4) is 22.4 Å². The SMILES string of the molecule is [2H]C([2H])([2H])C1(C)c2ccccc2-c2cc3oc4c(-c5cc(C([2H])(C([2H])([2H])[2H])C([2H])([2H])[2H])cc[n+]5C)c(C)ccc4c3cc21. The quantitative estimate of drug-likeness (QED) is 0.255. The summed E-state index contributed by atoms with van der Waals surface area (Å²) in [5, 5.41) is 1.47. The zero-order valence-electron chi connectivity index (χ0n) is 28.7. The van der Waals surface area contributed by atoms with Crippen LogP contribution in [0.4, 0.5) is 0 Å². The first-order valence-electron chi connectivity index (χ1n) is 15.9. The van der Waals surface area contributed by atoms with E-state index in [4.69, 9.17) is 18.1 Å². The summed E-state index contributed by atoms with van der Waals surface area (Å²) in [7, 11) is 1.75. The van der Waals surface area contributed by atoms with E-state index in [9.17, 15) is 0 Å². The summed E-state index contributed by atoms with van der Waals surface area (Å²) in [5.41, 5.74) is 4.63. The molecule has 0 saturated heterocycles. The maximum absolute atomic E-state index is 8.72. The molecule has 5 aromatic rings. The van der Waals surface area contributed by atoms with Crippen molar-refractivity contribution in [1.82, 2.24) is 0 Å². The molecule has 3 aromatic carbocycles. The maximum atomic E-state index is 8.72. The van der Waals surface area contributed by atoms with Crippen LogP contribution in [0, 0.1) is 6.92 Å². The minimum atomic E-state index is -3.12. The molecule has 1 unspecified atom stereocenters. The maximum Gasteiger partial charge on any atom is 0.216 e. The molecule has 33 heavy (non-hydrogen) atoms. The number of fused-ring (bicyclic) bond motifs is 6. The van der Waals surface area contributed by atoms with Gasteiger partial charge in [0.05, 0.1) is 5.56 Å². The zero-order valence-corrected chi connectivity index (χ0v) is 18.7. The molecule has 6 rings (SSSR count). The Morgan fingerprint density at radius 2 is 1.82 bits per heavy atom. The van der Waals surface area contributed by atoms with E-state index in [0.29, 0.717) is 28.0 Å². The number of hydrogen-bond acceptors (Lipinski definition) is 1. The van der Waals surface area contributed by atoms with Crippen molar-refractivity contribution < 1.29 is 22.7 Å². The number of nitrogens with zero attached hydrogens (tertiary/aromatic N) is 1. The van der Waals surface area contributed by atoms with Gasteiger partial charge in [0.25, 0.3) is 0 Å². The van der Waals surface area contributed by atoms with Crippen molar-refractivity contribution >= 4 is 21.9 Å². The Balaban J connectivity index is 1.65. The lowest BCUT2D eigenvalue weighted by Gasteiger charge is -2.21. The van der Waals surface area contributed by atoms with Crippen molar-refractivity contribution in [3.05, 3.63) is 89.1 Å². The Kier molecular flexibility index (Phi) is 2.51. The molecular formula is C31H30NO+. The van der Waals surface area contributed by atoms with Crippen molar-refractivity contribution in [2.45, 2.75) is 45.7 Å². The van der Waals surface area contributed by atoms with Gasteiger partial charge in [-0.15, -0.1) is 0 Å². The van der Waals surface area contributed by atoms with Gasteiger partial charge in [0.2, 0.25) is 5.69 Å². The predicted octanol–water partition coefficient (Wildman–Crippen LogP) is 7.82. The summed E-state index contributed by atoms with van der Waals surface area (Å²) in [6.07, 6.45) is 1.56. The van der Waals surface area contributed by atoms with E-state index in [1.54, 1.807) is 24.7 Å². The minimum Gasteiger partial charge on any atom is -0.455 e. The average molecular weight is 443 g/mol. The smallest absolute Gasteiger partial charge is 0.216 e. The normalized spacial score (nSPS) is 23.1. The Morgan fingerprint density at radius 1 is 0.970 bits per heavy atom. The molecule has 0 bridgehead atoms. The molecule has 1 atom stereocenters. The number of hydrogen-bond donors (Lipinski definition) is 0. The molecule has 164 valence electrons. The molecule has 2 heterocycles. The first-order chi connectivity index (χ1) is 19.8. The molecule has 0 spiro atoms. The number of pyridine rings is 1. The van der Waals surface area contributed by atoms with E-state index in [0.717, 1.165) is 33.0 Å². The lowest BCUT2D eigenvalue weighted by molar-refractivity contribution is -0.660. The molecule has 2 heteroatoms. The highest BCUT2D eigenvalue weighted by Crippen LogP contribution is 2.51. The van der Waals surface area contributed by atoms with Gasteiger partial charge in [-0.05, 0) is 58.3 Å². The van der Waals surface area contributed by atoms with Gasteiger partial charge in [-0.2, -0.15) is 0 Å². The standard InChI is InChI=1S/C31H30NO/c1-18(2)20-13-14-32(6)27(15-20)29-19(3)11-12-22-24-16-26-23(17-28(24)33-30(22)29)21-9-7-8-10-25(21)31(26,4)5/h7-18H,1-6H3/q+1/i1D3,2D3,4D3,18D. The van der Waals surface area contributed by atoms with Gasteiger partial charge in [0.1, 0.15) is 18.2 Å². The highest BCUT2D eigenvalue weighted by molar-refractivity contribution is 6.11. The lowest BCUT2D eigenvalue weighted by atomic mass is 9.82. The summed E-state index contributed by atoms with van der Waals surface area (Å²) < 4.78 is 90.2. The average Bonchev–Trinajstić information content (AvgIpc) is 3.39. The van der Waals surface area contributed by atoms with E-state index >= 15 is 0 Å². The van der Waals surface area contributed by atoms with Crippen LogP contribution in [0.3, 0.4) is 0 Å². The number of furan rings is 1. The van der Waals surface area contributed by atoms with Crippen LogP contribution in [0.1, 0.15) is 69.3 Å². The first-order valence-corrected chi connectivity index (χ1v) is 10.9. The Hall–Kier alpha value is -3.39. The van der Waals surface area contributed by atoms with Gasteiger partial charge in [-0.3, -0.25) is 0 Å². The van der Waals surface area contributed by atoms with Crippen molar-refractivity contribution in [2.75, 3.05) is 0 Å². The highest BCUT2D eigenvalue weighted by Gasteiger charge is 2.36. The summed E-state index contributed by atoms with van der Waals surface area (Å²) in [6.45, 7) is -4.93. The molecule has 2 nitrogen and oxygen atoms in total. The fourth-order valence-corrected chi connectivity index (χ4v) is 5.21.